The summed E-state index contributed by atoms with van der Waals surface area (Å²) >= 11 is 0. The van der Waals surface area contributed by atoms with Gasteiger partial charge in [-0.05, 0) is 49.1 Å². The van der Waals surface area contributed by atoms with E-state index in [9.17, 15) is 32.3 Å². The maximum atomic E-state index is 14.1. The second-order valence-corrected chi connectivity index (χ2v) is 7.31. The van der Waals surface area contributed by atoms with Crippen LogP contribution in [-0.2, 0) is 23.9 Å². The van der Waals surface area contributed by atoms with Gasteiger partial charge in [0.1, 0.15) is 11.6 Å². The largest absolute Gasteiger partial charge is 0.493 e. The second-order valence-electron chi connectivity index (χ2n) is 7.31. The van der Waals surface area contributed by atoms with Gasteiger partial charge in [-0.2, -0.15) is 13.2 Å². The van der Waals surface area contributed by atoms with Crippen LogP contribution < -0.4 is 10.1 Å². The Balaban J connectivity index is 2.21. The third kappa shape index (κ3) is 6.70. The second kappa shape index (κ2) is 11.0. The summed E-state index contributed by atoms with van der Waals surface area (Å²) in [5.41, 5.74) is -0.412. The molecule has 0 aliphatic carbocycles. The van der Waals surface area contributed by atoms with Crippen LogP contribution in [0.25, 0.3) is 0 Å². The molecular formula is C23H25F4NO4. The minimum absolute atomic E-state index is 0.0734. The number of hydrogen-bond donors (Lipinski definition) is 2. The first-order valence-electron chi connectivity index (χ1n) is 10.2. The van der Waals surface area contributed by atoms with E-state index >= 15 is 0 Å². The summed E-state index contributed by atoms with van der Waals surface area (Å²) in [6, 6.07) is 6.85. The van der Waals surface area contributed by atoms with Crippen LogP contribution in [0.1, 0.15) is 53.7 Å². The van der Waals surface area contributed by atoms with Crippen LogP contribution in [0.5, 0.6) is 5.75 Å². The first kappa shape index (κ1) is 25.2. The lowest BCUT2D eigenvalue weighted by Gasteiger charge is -2.16. The molecule has 0 radical (unpaired) electrons. The molecule has 0 heterocycles. The molecule has 5 nitrogen and oxygen atoms in total. The van der Waals surface area contributed by atoms with Crippen molar-refractivity contribution in [3.63, 3.8) is 0 Å². The molecule has 1 amide bonds. The number of halogens is 4. The van der Waals surface area contributed by atoms with Crippen LogP contribution >= 0.6 is 0 Å². The van der Waals surface area contributed by atoms with Crippen molar-refractivity contribution < 1.29 is 37.0 Å². The summed E-state index contributed by atoms with van der Waals surface area (Å²) in [7, 11) is 0. The molecule has 0 aliphatic heterocycles. The van der Waals surface area contributed by atoms with Gasteiger partial charge in [0.2, 0.25) is 0 Å². The Kier molecular flexibility index (Phi) is 8.63. The monoisotopic (exact) mass is 455 g/mol. The van der Waals surface area contributed by atoms with Crippen molar-refractivity contribution in [2.45, 2.75) is 45.8 Å². The Labute approximate surface area is 183 Å². The van der Waals surface area contributed by atoms with Crippen LogP contribution in [-0.4, -0.2) is 23.6 Å². The Bertz CT molecular complexity index is 959. The Morgan fingerprint density at radius 2 is 1.84 bits per heavy atom. The van der Waals surface area contributed by atoms with Gasteiger partial charge in [-0.15, -0.1) is 0 Å². The quantitative estimate of drug-likeness (QED) is 0.482. The summed E-state index contributed by atoms with van der Waals surface area (Å²) < 4.78 is 57.9. The average Bonchev–Trinajstić information content (AvgIpc) is 2.73. The molecule has 2 rings (SSSR count). The zero-order chi connectivity index (χ0) is 23.9. The fourth-order valence-corrected chi connectivity index (χ4v) is 3.09. The highest BCUT2D eigenvalue weighted by molar-refractivity contribution is 5.94. The van der Waals surface area contributed by atoms with Gasteiger partial charge in [-0.25, -0.2) is 4.39 Å². The lowest BCUT2D eigenvalue weighted by Crippen LogP contribution is -2.24. The van der Waals surface area contributed by atoms with E-state index in [4.69, 9.17) is 4.74 Å². The normalized spacial score (nSPS) is 12.3. The van der Waals surface area contributed by atoms with Crippen LogP contribution in [0, 0.1) is 11.7 Å². The van der Waals surface area contributed by atoms with E-state index in [-0.39, 0.29) is 19.0 Å². The number of alkyl halides is 3. The minimum Gasteiger partial charge on any atom is -0.493 e. The number of ether oxygens (including phenoxy) is 1. The van der Waals surface area contributed by atoms with Crippen molar-refractivity contribution in [2.24, 2.45) is 5.92 Å². The SMILES string of the molecule is CCCOc1ccc(CC(CC)C(=O)O)cc1CNC(=O)c1ccc(C(F)(F)F)cc1F. The predicted molar refractivity (Wildman–Crippen MR) is 110 cm³/mol. The number of amides is 1. The van der Waals surface area contributed by atoms with Crippen LogP contribution in [0.2, 0.25) is 0 Å². The Morgan fingerprint density at radius 1 is 1.12 bits per heavy atom. The first-order valence-corrected chi connectivity index (χ1v) is 10.2. The smallest absolute Gasteiger partial charge is 0.416 e. The fraction of sp³-hybridized carbons (Fsp3) is 0.391. The molecule has 9 heteroatoms. The highest BCUT2D eigenvalue weighted by Crippen LogP contribution is 2.30. The molecule has 0 saturated heterocycles. The number of carboxylic acid groups (broad SMARTS) is 1. The van der Waals surface area contributed by atoms with E-state index in [2.05, 4.69) is 5.32 Å². The summed E-state index contributed by atoms with van der Waals surface area (Å²) in [5, 5.41) is 11.8. The summed E-state index contributed by atoms with van der Waals surface area (Å²) in [5.74, 6) is -3.15. The van der Waals surface area contributed by atoms with Crippen molar-refractivity contribution in [3.05, 3.63) is 64.5 Å². The average molecular weight is 455 g/mol. The lowest BCUT2D eigenvalue weighted by molar-refractivity contribution is -0.141. The van der Waals surface area contributed by atoms with E-state index in [1.54, 1.807) is 25.1 Å². The molecular weight excluding hydrogens is 430 g/mol. The molecule has 2 N–H and O–H groups in total. The number of aliphatic carboxylic acids is 1. The number of rotatable bonds is 10. The van der Waals surface area contributed by atoms with E-state index in [1.165, 1.54) is 0 Å². The van der Waals surface area contributed by atoms with E-state index in [0.717, 1.165) is 18.1 Å². The van der Waals surface area contributed by atoms with Crippen molar-refractivity contribution >= 4 is 11.9 Å². The molecule has 174 valence electrons. The topological polar surface area (TPSA) is 75.6 Å². The Morgan fingerprint density at radius 3 is 2.41 bits per heavy atom. The van der Waals surface area contributed by atoms with Gasteiger partial charge < -0.3 is 15.2 Å². The van der Waals surface area contributed by atoms with Gasteiger partial charge >= 0.3 is 12.1 Å². The maximum Gasteiger partial charge on any atom is 0.416 e. The molecule has 0 aliphatic rings. The summed E-state index contributed by atoms with van der Waals surface area (Å²) in [6.07, 6.45) is -3.24. The molecule has 1 unspecified atom stereocenters. The zero-order valence-corrected chi connectivity index (χ0v) is 17.8. The number of carboxylic acids is 1. The van der Waals surface area contributed by atoms with Crippen molar-refractivity contribution in [3.8, 4) is 5.75 Å². The number of carbonyl (C=O) groups is 2. The molecule has 0 saturated carbocycles. The standard InChI is InChI=1S/C23H25F4NO4/c1-3-9-32-20-8-5-14(10-15(4-2)22(30)31)11-16(20)13-28-21(29)18-7-6-17(12-19(18)24)23(25,26)27/h5-8,11-12,15H,3-4,9-10,13H2,1-2H3,(H,28,29)(H,30,31). The van der Waals surface area contributed by atoms with Crippen molar-refractivity contribution in [1.82, 2.24) is 5.32 Å². The molecule has 0 fully saturated rings. The third-order valence-electron chi connectivity index (χ3n) is 4.89. The molecule has 1 atom stereocenters. The van der Waals surface area contributed by atoms with Gasteiger partial charge in [-0.3, -0.25) is 9.59 Å². The highest BCUT2D eigenvalue weighted by Gasteiger charge is 2.31. The summed E-state index contributed by atoms with van der Waals surface area (Å²) in [6.45, 7) is 4.04. The third-order valence-corrected chi connectivity index (χ3v) is 4.89. The first-order chi connectivity index (χ1) is 15.1. The molecule has 0 spiro atoms. The number of benzene rings is 2. The molecule has 32 heavy (non-hydrogen) atoms. The van der Waals surface area contributed by atoms with Gasteiger partial charge in [0.25, 0.3) is 5.91 Å². The summed E-state index contributed by atoms with van der Waals surface area (Å²) in [4.78, 5) is 23.7. The molecule has 2 aromatic carbocycles. The zero-order valence-electron chi connectivity index (χ0n) is 17.8. The molecule has 0 bridgehead atoms. The van der Waals surface area contributed by atoms with Gasteiger partial charge in [0.15, 0.2) is 0 Å². The van der Waals surface area contributed by atoms with Crippen LogP contribution in [0.3, 0.4) is 0 Å². The lowest BCUT2D eigenvalue weighted by atomic mass is 9.95. The number of nitrogens with one attached hydrogen (secondary N) is 1. The minimum atomic E-state index is -4.71. The maximum absolute atomic E-state index is 14.1. The number of hydrogen-bond acceptors (Lipinski definition) is 3. The van der Waals surface area contributed by atoms with Crippen molar-refractivity contribution in [2.75, 3.05) is 6.61 Å². The van der Waals surface area contributed by atoms with Crippen LogP contribution in [0.4, 0.5) is 17.6 Å². The van der Waals surface area contributed by atoms with Gasteiger partial charge in [0, 0.05) is 12.1 Å². The molecule has 0 aromatic heterocycles. The van der Waals surface area contributed by atoms with Crippen molar-refractivity contribution in [1.29, 1.82) is 0 Å². The van der Waals surface area contributed by atoms with Gasteiger partial charge in [-0.1, -0.05) is 26.0 Å². The molecule has 2 aromatic rings. The fourth-order valence-electron chi connectivity index (χ4n) is 3.09. The number of carbonyl (C=O) groups excluding carboxylic acids is 1. The predicted octanol–water partition coefficient (Wildman–Crippen LogP) is 5.22. The Hall–Kier alpha value is -3.10. The highest BCUT2D eigenvalue weighted by atomic mass is 19.4. The van der Waals surface area contributed by atoms with E-state index in [0.29, 0.717) is 30.4 Å². The van der Waals surface area contributed by atoms with E-state index in [1.807, 2.05) is 6.92 Å². The van der Waals surface area contributed by atoms with Crippen LogP contribution in [0.15, 0.2) is 36.4 Å². The van der Waals surface area contributed by atoms with Gasteiger partial charge in [0.05, 0.1) is 23.7 Å². The van der Waals surface area contributed by atoms with E-state index < -0.39 is 40.9 Å².